The molecule has 0 atom stereocenters. The SMILES string of the molecule is c1ccc(-c2ccc(-c3nc(-c4ccccc4)nc(-c4ccc5c(n4)-c4cccc6cccc(c46)-c4ccccc4-5)n3)cc2)cc1. The molecule has 0 radical (unpaired) electrons. The molecule has 0 N–H and O–H groups in total. The third-order valence-corrected chi connectivity index (χ3v) is 8.71. The van der Waals surface area contributed by atoms with Crippen molar-refractivity contribution in [2.75, 3.05) is 0 Å². The third kappa shape index (κ3) is 4.39. The molecule has 8 aromatic rings. The lowest BCUT2D eigenvalue weighted by molar-refractivity contribution is 1.06. The number of pyridine rings is 1. The van der Waals surface area contributed by atoms with Gasteiger partial charge in [0.15, 0.2) is 17.5 Å². The van der Waals surface area contributed by atoms with Gasteiger partial charge < -0.3 is 0 Å². The van der Waals surface area contributed by atoms with E-state index in [1.54, 1.807) is 0 Å². The minimum absolute atomic E-state index is 0.539. The molecule has 214 valence electrons. The fourth-order valence-electron chi connectivity index (χ4n) is 6.50. The monoisotopic (exact) mass is 586 g/mol. The molecule has 9 rings (SSSR count). The fourth-order valence-corrected chi connectivity index (χ4v) is 6.50. The van der Waals surface area contributed by atoms with Crippen LogP contribution in [0.3, 0.4) is 0 Å². The molecule has 2 aromatic heterocycles. The first kappa shape index (κ1) is 26.2. The van der Waals surface area contributed by atoms with Crippen LogP contribution in [0.5, 0.6) is 0 Å². The number of benzene rings is 6. The van der Waals surface area contributed by atoms with E-state index in [1.165, 1.54) is 33.0 Å². The topological polar surface area (TPSA) is 51.6 Å². The van der Waals surface area contributed by atoms with Crippen molar-refractivity contribution in [3.8, 4) is 78.9 Å². The van der Waals surface area contributed by atoms with Crippen LogP contribution < -0.4 is 0 Å². The van der Waals surface area contributed by atoms with Gasteiger partial charge in [-0.1, -0.05) is 146 Å². The third-order valence-electron chi connectivity index (χ3n) is 8.71. The summed E-state index contributed by atoms with van der Waals surface area (Å²) in [6.45, 7) is 0. The van der Waals surface area contributed by atoms with Gasteiger partial charge in [0.05, 0.1) is 5.69 Å². The first-order chi connectivity index (χ1) is 22.8. The van der Waals surface area contributed by atoms with Gasteiger partial charge in [-0.3, -0.25) is 0 Å². The molecule has 0 saturated carbocycles. The highest BCUT2D eigenvalue weighted by molar-refractivity contribution is 6.12. The zero-order chi connectivity index (χ0) is 30.5. The second-order valence-corrected chi connectivity index (χ2v) is 11.5. The highest BCUT2D eigenvalue weighted by Gasteiger charge is 2.23. The van der Waals surface area contributed by atoms with Crippen molar-refractivity contribution in [3.63, 3.8) is 0 Å². The van der Waals surface area contributed by atoms with E-state index in [2.05, 4.69) is 115 Å². The van der Waals surface area contributed by atoms with Crippen LogP contribution in [0.25, 0.3) is 89.7 Å². The molecule has 4 nitrogen and oxygen atoms in total. The summed E-state index contributed by atoms with van der Waals surface area (Å²) in [7, 11) is 0. The molecule has 0 unspecified atom stereocenters. The Hall–Kier alpha value is -6.26. The summed E-state index contributed by atoms with van der Waals surface area (Å²) in [6.07, 6.45) is 0. The fraction of sp³-hybridized carbons (Fsp3) is 0. The van der Waals surface area contributed by atoms with Crippen molar-refractivity contribution in [1.29, 1.82) is 0 Å². The molecule has 0 saturated heterocycles. The van der Waals surface area contributed by atoms with Crippen LogP contribution in [0.2, 0.25) is 0 Å². The predicted octanol–water partition coefficient (Wildman–Crippen LogP) is 10.4. The van der Waals surface area contributed by atoms with Crippen LogP contribution in [-0.4, -0.2) is 19.9 Å². The maximum atomic E-state index is 5.34. The van der Waals surface area contributed by atoms with Gasteiger partial charge in [-0.05, 0) is 50.7 Å². The standard InChI is InChI=1S/C42H26N4/c1-3-11-27(12-4-1)28-21-23-31(24-22-28)41-44-40(30-13-5-2-6-14-30)45-42(46-41)37-26-25-35-33-18-8-7-17-32(33)34-19-9-15-29-16-10-20-36(38(29)34)39(35)43-37/h1-26H. The predicted molar refractivity (Wildman–Crippen MR) is 187 cm³/mol. The van der Waals surface area contributed by atoms with Gasteiger partial charge in [-0.2, -0.15) is 0 Å². The molecule has 1 aliphatic carbocycles. The maximum absolute atomic E-state index is 5.34. The molecular formula is C42H26N4. The summed E-state index contributed by atoms with van der Waals surface area (Å²) in [6, 6.07) is 54.6. The van der Waals surface area contributed by atoms with Gasteiger partial charge in [0.1, 0.15) is 5.69 Å². The highest BCUT2D eigenvalue weighted by atomic mass is 15.0. The number of hydrogen-bond acceptors (Lipinski definition) is 4. The average Bonchev–Trinajstić information content (AvgIpc) is 3.26. The average molecular weight is 587 g/mol. The van der Waals surface area contributed by atoms with Crippen molar-refractivity contribution in [2.24, 2.45) is 0 Å². The highest BCUT2D eigenvalue weighted by Crippen LogP contribution is 2.47. The lowest BCUT2D eigenvalue weighted by atomic mass is 9.94. The number of fused-ring (bicyclic) bond motifs is 5. The minimum Gasteiger partial charge on any atom is -0.244 e. The second-order valence-electron chi connectivity index (χ2n) is 11.5. The summed E-state index contributed by atoms with van der Waals surface area (Å²) in [5.41, 5.74) is 11.6. The van der Waals surface area contributed by atoms with Crippen LogP contribution in [0.4, 0.5) is 0 Å². The Balaban J connectivity index is 1.24. The smallest absolute Gasteiger partial charge is 0.182 e. The molecule has 1 aliphatic rings. The summed E-state index contributed by atoms with van der Waals surface area (Å²) < 4.78 is 0. The molecule has 4 heteroatoms. The molecule has 6 aromatic carbocycles. The molecule has 0 amide bonds. The largest absolute Gasteiger partial charge is 0.244 e. The molecule has 0 spiro atoms. The van der Waals surface area contributed by atoms with E-state index in [4.69, 9.17) is 19.9 Å². The number of hydrogen-bond donors (Lipinski definition) is 0. The summed E-state index contributed by atoms with van der Waals surface area (Å²) in [5, 5.41) is 2.40. The minimum atomic E-state index is 0.539. The van der Waals surface area contributed by atoms with Gasteiger partial charge in [-0.15, -0.1) is 0 Å². The number of aromatic nitrogens is 4. The molecular weight excluding hydrogens is 560 g/mol. The van der Waals surface area contributed by atoms with E-state index in [9.17, 15) is 0 Å². The van der Waals surface area contributed by atoms with E-state index in [1.807, 2.05) is 42.5 Å². The molecule has 0 fully saturated rings. The normalized spacial score (nSPS) is 11.5. The van der Waals surface area contributed by atoms with Crippen LogP contribution in [0, 0.1) is 0 Å². The van der Waals surface area contributed by atoms with Crippen molar-refractivity contribution in [1.82, 2.24) is 19.9 Å². The van der Waals surface area contributed by atoms with Crippen LogP contribution in [-0.2, 0) is 0 Å². The Kier molecular flexibility index (Phi) is 6.10. The molecule has 2 heterocycles. The Labute approximate surface area is 266 Å². The number of nitrogens with zero attached hydrogens (tertiary/aromatic N) is 4. The molecule has 46 heavy (non-hydrogen) atoms. The summed E-state index contributed by atoms with van der Waals surface area (Å²) in [5.74, 6) is 1.76. The Morgan fingerprint density at radius 3 is 1.48 bits per heavy atom. The lowest BCUT2D eigenvalue weighted by Gasteiger charge is -2.13. The summed E-state index contributed by atoms with van der Waals surface area (Å²) in [4.78, 5) is 20.3. The Morgan fingerprint density at radius 1 is 0.283 bits per heavy atom. The van der Waals surface area contributed by atoms with Crippen molar-refractivity contribution >= 4 is 10.8 Å². The second kappa shape index (κ2) is 10.7. The van der Waals surface area contributed by atoms with Gasteiger partial charge in [0, 0.05) is 22.3 Å². The van der Waals surface area contributed by atoms with Gasteiger partial charge in [0.2, 0.25) is 0 Å². The van der Waals surface area contributed by atoms with E-state index >= 15 is 0 Å². The quantitative estimate of drug-likeness (QED) is 0.206. The van der Waals surface area contributed by atoms with E-state index < -0.39 is 0 Å². The Morgan fingerprint density at radius 2 is 0.783 bits per heavy atom. The first-order valence-electron chi connectivity index (χ1n) is 15.4. The Bertz CT molecular complexity index is 2390. The maximum Gasteiger partial charge on any atom is 0.182 e. The van der Waals surface area contributed by atoms with Gasteiger partial charge >= 0.3 is 0 Å². The summed E-state index contributed by atoms with van der Waals surface area (Å²) >= 11 is 0. The van der Waals surface area contributed by atoms with Crippen molar-refractivity contribution < 1.29 is 0 Å². The van der Waals surface area contributed by atoms with Gasteiger partial charge in [0.25, 0.3) is 0 Å². The van der Waals surface area contributed by atoms with Crippen LogP contribution in [0.1, 0.15) is 0 Å². The zero-order valence-electron chi connectivity index (χ0n) is 24.8. The van der Waals surface area contributed by atoms with Gasteiger partial charge in [-0.25, -0.2) is 19.9 Å². The van der Waals surface area contributed by atoms with E-state index in [0.29, 0.717) is 23.2 Å². The van der Waals surface area contributed by atoms with E-state index in [0.717, 1.165) is 33.5 Å². The van der Waals surface area contributed by atoms with Crippen LogP contribution >= 0.6 is 0 Å². The first-order valence-corrected chi connectivity index (χ1v) is 15.4. The van der Waals surface area contributed by atoms with Crippen molar-refractivity contribution in [2.45, 2.75) is 0 Å². The molecule has 0 aliphatic heterocycles. The molecule has 0 bridgehead atoms. The van der Waals surface area contributed by atoms with E-state index in [-0.39, 0.29) is 0 Å². The van der Waals surface area contributed by atoms with Crippen molar-refractivity contribution in [3.05, 3.63) is 158 Å². The number of rotatable bonds is 4. The lowest BCUT2D eigenvalue weighted by Crippen LogP contribution is -2.02. The zero-order valence-corrected chi connectivity index (χ0v) is 24.8. The van der Waals surface area contributed by atoms with Crippen LogP contribution in [0.15, 0.2) is 158 Å².